The summed E-state index contributed by atoms with van der Waals surface area (Å²) >= 11 is 0. The van der Waals surface area contributed by atoms with Crippen molar-refractivity contribution in [3.05, 3.63) is 77.9 Å². The fourth-order valence-electron chi connectivity index (χ4n) is 2.54. The second kappa shape index (κ2) is 9.65. The fourth-order valence-corrected chi connectivity index (χ4v) is 2.54. The second-order valence-electron chi connectivity index (χ2n) is 5.29. The van der Waals surface area contributed by atoms with Crippen molar-refractivity contribution in [3.63, 3.8) is 0 Å². The lowest BCUT2D eigenvalue weighted by atomic mass is 9.85. The Labute approximate surface area is 142 Å². The van der Waals surface area contributed by atoms with Gasteiger partial charge >= 0.3 is 5.97 Å². The maximum Gasteiger partial charge on any atom is 0.312 e. The van der Waals surface area contributed by atoms with Crippen LogP contribution in [0.3, 0.4) is 0 Å². The van der Waals surface area contributed by atoms with Gasteiger partial charge in [-0.25, -0.2) is 9.78 Å². The Hall–Kier alpha value is -2.43. The molecule has 2 aromatic rings. The highest BCUT2D eigenvalue weighted by molar-refractivity contribution is 5.74. The number of allylic oxidation sites excluding steroid dienone is 1. The molecule has 0 aliphatic heterocycles. The zero-order chi connectivity index (χ0) is 17.2. The molecule has 0 saturated heterocycles. The van der Waals surface area contributed by atoms with Crippen LogP contribution in [0.1, 0.15) is 17.0 Å². The maximum atomic E-state index is 12.3. The minimum atomic E-state index is -0.502. The Kier molecular flexibility index (Phi) is 7.21. The van der Waals surface area contributed by atoms with E-state index in [2.05, 4.69) is 4.89 Å². The van der Waals surface area contributed by atoms with Crippen LogP contribution < -0.4 is 0 Å². The predicted molar refractivity (Wildman–Crippen MR) is 93.1 cm³/mol. The van der Waals surface area contributed by atoms with Crippen molar-refractivity contribution in [2.75, 3.05) is 20.8 Å². The number of benzene rings is 2. The number of esters is 1. The Morgan fingerprint density at radius 1 is 1.00 bits per heavy atom. The molecule has 0 heterocycles. The maximum absolute atomic E-state index is 12.3. The van der Waals surface area contributed by atoms with E-state index in [-0.39, 0.29) is 18.5 Å². The molecule has 0 saturated carbocycles. The van der Waals surface area contributed by atoms with Gasteiger partial charge in [0.2, 0.25) is 0 Å². The van der Waals surface area contributed by atoms with E-state index in [1.807, 2.05) is 72.8 Å². The third-order valence-electron chi connectivity index (χ3n) is 3.78. The van der Waals surface area contributed by atoms with E-state index >= 15 is 0 Å². The molecule has 2 rings (SSSR count). The van der Waals surface area contributed by atoms with Crippen LogP contribution in [0.25, 0.3) is 6.08 Å². The molecule has 0 aliphatic rings. The van der Waals surface area contributed by atoms with Crippen molar-refractivity contribution in [1.29, 1.82) is 0 Å². The Balaban J connectivity index is 2.33. The molecule has 0 bridgehead atoms. The first-order chi connectivity index (χ1) is 11.8. The van der Waals surface area contributed by atoms with E-state index in [9.17, 15) is 4.79 Å². The van der Waals surface area contributed by atoms with Gasteiger partial charge in [-0.2, -0.15) is 0 Å². The third kappa shape index (κ3) is 5.05. The number of carbonyl (C=O) groups excluding carboxylic acids is 1. The quantitative estimate of drug-likeness (QED) is 0.420. The number of methoxy groups -OCH3 is 1. The summed E-state index contributed by atoms with van der Waals surface area (Å²) in [5.74, 6) is -1.02. The number of hydrogen-bond acceptors (Lipinski definition) is 4. The number of ether oxygens (including phenoxy) is 1. The summed E-state index contributed by atoms with van der Waals surface area (Å²) in [6, 6.07) is 19.8. The summed E-state index contributed by atoms with van der Waals surface area (Å²) in [4.78, 5) is 22.0. The predicted octanol–water partition coefficient (Wildman–Crippen LogP) is 3.85. The van der Waals surface area contributed by atoms with Crippen LogP contribution in [-0.2, 0) is 19.3 Å². The van der Waals surface area contributed by atoms with Crippen molar-refractivity contribution in [1.82, 2.24) is 0 Å². The first kappa shape index (κ1) is 17.9. The van der Waals surface area contributed by atoms with Gasteiger partial charge in [0.15, 0.2) is 0 Å². The smallest absolute Gasteiger partial charge is 0.312 e. The minimum absolute atomic E-state index is 0.113. The van der Waals surface area contributed by atoms with E-state index in [4.69, 9.17) is 9.62 Å². The SMILES string of the molecule is COOCC(C(=O)OC)[C@@H](/C=C/c1ccccc1)c1ccccc1. The molecule has 126 valence electrons. The molecule has 1 unspecified atom stereocenters. The highest BCUT2D eigenvalue weighted by Gasteiger charge is 2.29. The third-order valence-corrected chi connectivity index (χ3v) is 3.78. The standard InChI is InChI=1S/C20H22O4/c1-22-20(21)19(15-24-23-2)18(17-11-7-4-8-12-17)14-13-16-9-5-3-6-10-16/h3-14,18-19H,15H2,1-2H3/b14-13+/t18-,19?/m0/s1. The van der Waals surface area contributed by atoms with Gasteiger partial charge < -0.3 is 4.74 Å². The lowest BCUT2D eigenvalue weighted by Crippen LogP contribution is -2.27. The van der Waals surface area contributed by atoms with Crippen molar-refractivity contribution >= 4 is 12.0 Å². The number of hydrogen-bond donors (Lipinski definition) is 0. The van der Waals surface area contributed by atoms with Crippen molar-refractivity contribution in [3.8, 4) is 0 Å². The van der Waals surface area contributed by atoms with E-state index < -0.39 is 5.92 Å². The van der Waals surface area contributed by atoms with Crippen molar-refractivity contribution in [2.24, 2.45) is 5.92 Å². The fraction of sp³-hybridized carbons (Fsp3) is 0.250. The molecule has 24 heavy (non-hydrogen) atoms. The lowest BCUT2D eigenvalue weighted by molar-refractivity contribution is -0.280. The Morgan fingerprint density at radius 2 is 1.62 bits per heavy atom. The molecule has 2 atom stereocenters. The molecule has 0 N–H and O–H groups in total. The number of carbonyl (C=O) groups is 1. The highest BCUT2D eigenvalue weighted by atomic mass is 17.2. The van der Waals surface area contributed by atoms with E-state index in [0.717, 1.165) is 11.1 Å². The summed E-state index contributed by atoms with van der Waals surface area (Å²) < 4.78 is 4.96. The first-order valence-electron chi connectivity index (χ1n) is 7.78. The van der Waals surface area contributed by atoms with Crippen LogP contribution >= 0.6 is 0 Å². The van der Waals surface area contributed by atoms with E-state index in [0.29, 0.717) is 0 Å². The lowest BCUT2D eigenvalue weighted by Gasteiger charge is -2.22. The molecular formula is C20H22O4. The van der Waals surface area contributed by atoms with Gasteiger partial charge in [0.1, 0.15) is 0 Å². The van der Waals surface area contributed by atoms with E-state index in [1.165, 1.54) is 14.2 Å². The van der Waals surface area contributed by atoms with Gasteiger partial charge in [-0.3, -0.25) is 4.79 Å². The zero-order valence-electron chi connectivity index (χ0n) is 13.9. The van der Waals surface area contributed by atoms with Crippen LogP contribution in [0.15, 0.2) is 66.7 Å². The molecule has 0 fully saturated rings. The first-order valence-corrected chi connectivity index (χ1v) is 7.78. The van der Waals surface area contributed by atoms with Gasteiger partial charge in [0.25, 0.3) is 0 Å². The van der Waals surface area contributed by atoms with E-state index in [1.54, 1.807) is 0 Å². The summed E-state index contributed by atoms with van der Waals surface area (Å²) in [5.41, 5.74) is 2.08. The van der Waals surface area contributed by atoms with Crippen LogP contribution in [0.2, 0.25) is 0 Å². The minimum Gasteiger partial charge on any atom is -0.469 e. The molecule has 4 nitrogen and oxygen atoms in total. The topological polar surface area (TPSA) is 44.8 Å². The van der Waals surface area contributed by atoms with Crippen LogP contribution in [0.5, 0.6) is 0 Å². The molecule has 0 aromatic heterocycles. The second-order valence-corrected chi connectivity index (χ2v) is 5.29. The summed E-state index contributed by atoms with van der Waals surface area (Å²) in [7, 11) is 2.80. The number of rotatable bonds is 8. The average molecular weight is 326 g/mol. The monoisotopic (exact) mass is 326 g/mol. The van der Waals surface area contributed by atoms with Gasteiger partial charge in [-0.15, -0.1) is 0 Å². The van der Waals surface area contributed by atoms with Crippen molar-refractivity contribution in [2.45, 2.75) is 5.92 Å². The zero-order valence-corrected chi connectivity index (χ0v) is 13.9. The largest absolute Gasteiger partial charge is 0.469 e. The van der Waals surface area contributed by atoms with Gasteiger partial charge in [0.05, 0.1) is 26.7 Å². The van der Waals surface area contributed by atoms with Gasteiger partial charge in [-0.05, 0) is 11.1 Å². The molecule has 0 radical (unpaired) electrons. The van der Waals surface area contributed by atoms with Crippen LogP contribution in [0, 0.1) is 5.92 Å². The Morgan fingerprint density at radius 3 is 2.21 bits per heavy atom. The summed E-state index contributed by atoms with van der Waals surface area (Å²) in [6.07, 6.45) is 4.01. The molecule has 2 aromatic carbocycles. The summed E-state index contributed by atoms with van der Waals surface area (Å²) in [5, 5.41) is 0. The van der Waals surface area contributed by atoms with Crippen LogP contribution in [0.4, 0.5) is 0 Å². The normalized spacial score (nSPS) is 13.6. The molecule has 4 heteroatoms. The van der Waals surface area contributed by atoms with Crippen LogP contribution in [-0.4, -0.2) is 26.8 Å². The molecule has 0 aliphatic carbocycles. The van der Waals surface area contributed by atoms with Crippen molar-refractivity contribution < 1.29 is 19.3 Å². The molecular weight excluding hydrogens is 304 g/mol. The van der Waals surface area contributed by atoms with Gasteiger partial charge in [0, 0.05) is 5.92 Å². The Bertz CT molecular complexity index is 637. The summed E-state index contributed by atoms with van der Waals surface area (Å²) in [6.45, 7) is 0.113. The van der Waals surface area contributed by atoms with Gasteiger partial charge in [-0.1, -0.05) is 72.8 Å². The highest BCUT2D eigenvalue weighted by Crippen LogP contribution is 2.28. The molecule has 0 spiro atoms. The average Bonchev–Trinajstić information content (AvgIpc) is 2.65. The molecule has 0 amide bonds.